The summed E-state index contributed by atoms with van der Waals surface area (Å²) in [4.78, 5) is 0. The highest BCUT2D eigenvalue weighted by Crippen LogP contribution is 2.45. The van der Waals surface area contributed by atoms with Gasteiger partial charge >= 0.3 is 0 Å². The predicted molar refractivity (Wildman–Crippen MR) is 74.3 cm³/mol. The van der Waals surface area contributed by atoms with Crippen LogP contribution in [0.2, 0.25) is 0 Å². The maximum absolute atomic E-state index is 14.0. The molecule has 1 aliphatic rings. The van der Waals surface area contributed by atoms with Crippen LogP contribution in [0.3, 0.4) is 0 Å². The van der Waals surface area contributed by atoms with Crippen LogP contribution in [0.4, 0.5) is 8.78 Å². The van der Waals surface area contributed by atoms with E-state index in [9.17, 15) is 8.78 Å². The lowest BCUT2D eigenvalue weighted by molar-refractivity contribution is 0.157. The molecule has 0 bridgehead atoms. The molecule has 0 spiro atoms. The van der Waals surface area contributed by atoms with Crippen molar-refractivity contribution in [2.45, 2.75) is 52.0 Å². The normalized spacial score (nSPS) is 26.3. The van der Waals surface area contributed by atoms with E-state index in [1.165, 1.54) is 12.1 Å². The molecule has 1 aromatic carbocycles. The molecule has 3 heteroatoms. The molecule has 0 radical (unpaired) electrons. The smallest absolute Gasteiger partial charge is 0.127 e. The van der Waals surface area contributed by atoms with E-state index in [0.717, 1.165) is 25.8 Å². The van der Waals surface area contributed by atoms with Crippen LogP contribution in [-0.2, 0) is 0 Å². The summed E-state index contributed by atoms with van der Waals surface area (Å²) in [6.45, 7) is 6.86. The van der Waals surface area contributed by atoms with Crippen LogP contribution >= 0.6 is 0 Å². The lowest BCUT2D eigenvalue weighted by atomic mass is 9.64. The van der Waals surface area contributed by atoms with Crippen molar-refractivity contribution >= 4 is 0 Å². The molecule has 106 valence electrons. The Morgan fingerprint density at radius 2 is 1.95 bits per heavy atom. The van der Waals surface area contributed by atoms with E-state index in [1.807, 2.05) is 0 Å². The second kappa shape index (κ2) is 6.00. The van der Waals surface area contributed by atoms with Gasteiger partial charge in [-0.2, -0.15) is 0 Å². The molecule has 0 aromatic heterocycles. The average molecular weight is 267 g/mol. The van der Waals surface area contributed by atoms with E-state index in [1.54, 1.807) is 6.92 Å². The SMILES string of the molecule is CCCNC1CC(c2cc(F)c(C)cc2F)C1CC. The minimum Gasteiger partial charge on any atom is -0.314 e. The van der Waals surface area contributed by atoms with Crippen molar-refractivity contribution in [2.75, 3.05) is 6.54 Å². The summed E-state index contributed by atoms with van der Waals surface area (Å²) in [6, 6.07) is 3.18. The monoisotopic (exact) mass is 267 g/mol. The standard InChI is InChI=1S/C16H23F2N/c1-4-6-19-16-9-12(11(16)5-2)13-8-14(17)10(3)7-15(13)18/h7-8,11-12,16,19H,4-6,9H2,1-3H3. The Hall–Kier alpha value is -0.960. The van der Waals surface area contributed by atoms with Crippen molar-refractivity contribution in [1.29, 1.82) is 0 Å². The summed E-state index contributed by atoms with van der Waals surface area (Å²) in [6.07, 6.45) is 3.02. The topological polar surface area (TPSA) is 12.0 Å². The van der Waals surface area contributed by atoms with E-state index >= 15 is 0 Å². The summed E-state index contributed by atoms with van der Waals surface area (Å²) in [5, 5.41) is 3.50. The van der Waals surface area contributed by atoms with Gasteiger partial charge in [0.25, 0.3) is 0 Å². The number of rotatable bonds is 5. The van der Waals surface area contributed by atoms with Gasteiger partial charge < -0.3 is 5.32 Å². The fourth-order valence-corrected chi connectivity index (χ4v) is 3.14. The van der Waals surface area contributed by atoms with Gasteiger partial charge in [0.1, 0.15) is 11.6 Å². The Morgan fingerprint density at radius 3 is 2.58 bits per heavy atom. The molecule has 1 aromatic rings. The molecule has 0 aliphatic heterocycles. The third kappa shape index (κ3) is 2.81. The van der Waals surface area contributed by atoms with Crippen LogP contribution < -0.4 is 5.32 Å². The maximum Gasteiger partial charge on any atom is 0.127 e. The van der Waals surface area contributed by atoms with Crippen molar-refractivity contribution in [1.82, 2.24) is 5.32 Å². The highest BCUT2D eigenvalue weighted by Gasteiger charge is 2.41. The number of nitrogens with one attached hydrogen (secondary N) is 1. The first-order chi connectivity index (χ1) is 9.08. The molecule has 1 fully saturated rings. The molecule has 0 saturated heterocycles. The summed E-state index contributed by atoms with van der Waals surface area (Å²) in [7, 11) is 0. The van der Waals surface area contributed by atoms with E-state index in [4.69, 9.17) is 0 Å². The van der Waals surface area contributed by atoms with E-state index < -0.39 is 0 Å². The second-order valence-corrected chi connectivity index (χ2v) is 5.60. The minimum atomic E-state index is -0.295. The molecule has 1 N–H and O–H groups in total. The van der Waals surface area contributed by atoms with E-state index in [0.29, 0.717) is 23.1 Å². The van der Waals surface area contributed by atoms with E-state index in [-0.39, 0.29) is 17.6 Å². The molecule has 19 heavy (non-hydrogen) atoms. The first-order valence-electron chi connectivity index (χ1n) is 7.27. The fraction of sp³-hybridized carbons (Fsp3) is 0.625. The molecule has 0 heterocycles. The average Bonchev–Trinajstić information content (AvgIpc) is 2.34. The third-order valence-electron chi connectivity index (χ3n) is 4.35. The van der Waals surface area contributed by atoms with Gasteiger partial charge in [-0.3, -0.25) is 0 Å². The molecule has 2 rings (SSSR count). The number of benzene rings is 1. The number of halogens is 2. The van der Waals surface area contributed by atoms with Gasteiger partial charge in [-0.05, 0) is 61.4 Å². The first kappa shape index (κ1) is 14.4. The van der Waals surface area contributed by atoms with Crippen LogP contribution in [-0.4, -0.2) is 12.6 Å². The number of hydrogen-bond donors (Lipinski definition) is 1. The van der Waals surface area contributed by atoms with Crippen LogP contribution in [0.15, 0.2) is 12.1 Å². The Balaban J connectivity index is 2.13. The second-order valence-electron chi connectivity index (χ2n) is 5.60. The zero-order valence-electron chi connectivity index (χ0n) is 12.0. The van der Waals surface area contributed by atoms with Crippen molar-refractivity contribution in [2.24, 2.45) is 5.92 Å². The largest absolute Gasteiger partial charge is 0.314 e. The van der Waals surface area contributed by atoms with Gasteiger partial charge in [0.15, 0.2) is 0 Å². The Morgan fingerprint density at radius 1 is 1.21 bits per heavy atom. The molecule has 3 unspecified atom stereocenters. The summed E-state index contributed by atoms with van der Waals surface area (Å²) in [5.74, 6) is 0.0325. The summed E-state index contributed by atoms with van der Waals surface area (Å²) >= 11 is 0. The van der Waals surface area contributed by atoms with Crippen molar-refractivity contribution in [3.8, 4) is 0 Å². The lowest BCUT2D eigenvalue weighted by Gasteiger charge is -2.45. The number of aryl methyl sites for hydroxylation is 1. The van der Waals surface area contributed by atoms with Gasteiger partial charge in [0, 0.05) is 6.04 Å². The van der Waals surface area contributed by atoms with Crippen molar-refractivity contribution < 1.29 is 8.78 Å². The Labute approximate surface area is 114 Å². The molecule has 0 amide bonds. The van der Waals surface area contributed by atoms with E-state index in [2.05, 4.69) is 19.2 Å². The molecular weight excluding hydrogens is 244 g/mol. The van der Waals surface area contributed by atoms with Crippen LogP contribution in [0, 0.1) is 24.5 Å². The third-order valence-corrected chi connectivity index (χ3v) is 4.35. The zero-order valence-corrected chi connectivity index (χ0v) is 12.0. The Bertz CT molecular complexity index is 445. The van der Waals surface area contributed by atoms with Gasteiger partial charge in [0.2, 0.25) is 0 Å². The van der Waals surface area contributed by atoms with Gasteiger partial charge in [-0.15, -0.1) is 0 Å². The van der Waals surface area contributed by atoms with Crippen LogP contribution in [0.25, 0.3) is 0 Å². The zero-order chi connectivity index (χ0) is 14.0. The van der Waals surface area contributed by atoms with Crippen LogP contribution in [0.1, 0.15) is 50.2 Å². The van der Waals surface area contributed by atoms with Crippen molar-refractivity contribution in [3.05, 3.63) is 34.9 Å². The summed E-state index contributed by atoms with van der Waals surface area (Å²) < 4.78 is 27.6. The number of hydrogen-bond acceptors (Lipinski definition) is 1. The summed E-state index contributed by atoms with van der Waals surface area (Å²) in [5.41, 5.74) is 0.943. The molecule has 1 saturated carbocycles. The van der Waals surface area contributed by atoms with Crippen molar-refractivity contribution in [3.63, 3.8) is 0 Å². The molecule has 1 aliphatic carbocycles. The minimum absolute atomic E-state index is 0.162. The van der Waals surface area contributed by atoms with Gasteiger partial charge in [-0.1, -0.05) is 20.3 Å². The quantitative estimate of drug-likeness (QED) is 0.845. The van der Waals surface area contributed by atoms with Gasteiger partial charge in [-0.25, -0.2) is 8.78 Å². The maximum atomic E-state index is 14.0. The van der Waals surface area contributed by atoms with Gasteiger partial charge in [0.05, 0.1) is 0 Å². The molecular formula is C16H23F2N. The highest BCUT2D eigenvalue weighted by molar-refractivity contribution is 5.31. The highest BCUT2D eigenvalue weighted by atomic mass is 19.1. The fourth-order valence-electron chi connectivity index (χ4n) is 3.14. The van der Waals surface area contributed by atoms with Crippen LogP contribution in [0.5, 0.6) is 0 Å². The Kier molecular flexibility index (Phi) is 4.56. The molecule has 3 atom stereocenters. The molecule has 1 nitrogen and oxygen atoms in total. The predicted octanol–water partition coefficient (Wildman–Crippen LogP) is 4.15. The lowest BCUT2D eigenvalue weighted by Crippen LogP contribution is -2.49. The first-order valence-corrected chi connectivity index (χ1v) is 7.27.